The summed E-state index contributed by atoms with van der Waals surface area (Å²) in [6, 6.07) is 10.1. The van der Waals surface area contributed by atoms with E-state index in [1.165, 1.54) is 12.8 Å². The van der Waals surface area contributed by atoms with Gasteiger partial charge in [-0.05, 0) is 50.1 Å². The van der Waals surface area contributed by atoms with Crippen LogP contribution in [0.3, 0.4) is 0 Å². The fourth-order valence-corrected chi connectivity index (χ4v) is 1.91. The van der Waals surface area contributed by atoms with Crippen molar-refractivity contribution in [3.63, 3.8) is 0 Å². The summed E-state index contributed by atoms with van der Waals surface area (Å²) in [5.74, 6) is 1.58. The maximum Gasteiger partial charge on any atom is 0.223 e. The van der Waals surface area contributed by atoms with Crippen molar-refractivity contribution in [2.24, 2.45) is 0 Å². The summed E-state index contributed by atoms with van der Waals surface area (Å²) in [4.78, 5) is 8.76. The molecule has 0 atom stereocenters. The van der Waals surface area contributed by atoms with Gasteiger partial charge in [-0.2, -0.15) is 0 Å². The zero-order valence-electron chi connectivity index (χ0n) is 11.2. The molecular formula is C15H17N3O. The van der Waals surface area contributed by atoms with Crippen LogP contribution in [0.25, 0.3) is 11.3 Å². The first kappa shape index (κ1) is 12.0. The van der Waals surface area contributed by atoms with E-state index in [9.17, 15) is 0 Å². The number of aromatic nitrogens is 2. The second-order valence-corrected chi connectivity index (χ2v) is 4.81. The minimum absolute atomic E-state index is 0.433. The fourth-order valence-electron chi connectivity index (χ4n) is 1.91. The van der Waals surface area contributed by atoms with Crippen LogP contribution in [0.5, 0.6) is 5.75 Å². The molecule has 1 saturated carbocycles. The molecule has 0 radical (unpaired) electrons. The van der Waals surface area contributed by atoms with Crippen LogP contribution in [0.15, 0.2) is 30.3 Å². The van der Waals surface area contributed by atoms with Gasteiger partial charge in [0.2, 0.25) is 5.95 Å². The third-order valence-electron chi connectivity index (χ3n) is 3.06. The van der Waals surface area contributed by atoms with Crippen LogP contribution in [0.1, 0.15) is 18.5 Å². The van der Waals surface area contributed by atoms with Crippen LogP contribution in [-0.2, 0) is 0 Å². The van der Waals surface area contributed by atoms with Crippen LogP contribution >= 0.6 is 0 Å². The van der Waals surface area contributed by atoms with Crippen LogP contribution in [-0.4, -0.2) is 23.1 Å². The average Bonchev–Trinajstić information content (AvgIpc) is 3.23. The number of rotatable bonds is 4. The maximum absolute atomic E-state index is 5.74. The van der Waals surface area contributed by atoms with Crippen molar-refractivity contribution in [3.8, 4) is 17.0 Å². The smallest absolute Gasteiger partial charge is 0.223 e. The van der Waals surface area contributed by atoms with Gasteiger partial charge in [0.05, 0.1) is 11.8 Å². The lowest BCUT2D eigenvalue weighted by Crippen LogP contribution is -1.99. The number of ether oxygens (including phenoxy) is 1. The predicted molar refractivity (Wildman–Crippen MR) is 75.4 cm³/mol. The minimum Gasteiger partial charge on any atom is -0.490 e. The molecule has 3 rings (SSSR count). The molecule has 19 heavy (non-hydrogen) atoms. The van der Waals surface area contributed by atoms with Crippen molar-refractivity contribution in [1.29, 1.82) is 0 Å². The molecule has 1 aliphatic carbocycles. The number of nitrogens with one attached hydrogen (secondary N) is 1. The van der Waals surface area contributed by atoms with Crippen molar-refractivity contribution < 1.29 is 4.74 Å². The van der Waals surface area contributed by atoms with Crippen molar-refractivity contribution in [2.45, 2.75) is 25.9 Å². The maximum atomic E-state index is 5.74. The minimum atomic E-state index is 0.433. The Morgan fingerprint density at radius 2 is 1.89 bits per heavy atom. The number of nitrogens with zero attached hydrogens (tertiary/aromatic N) is 2. The summed E-state index contributed by atoms with van der Waals surface area (Å²) in [5.41, 5.74) is 2.95. The van der Waals surface area contributed by atoms with E-state index in [1.807, 2.05) is 44.3 Å². The van der Waals surface area contributed by atoms with E-state index >= 15 is 0 Å². The Kier molecular flexibility index (Phi) is 3.07. The van der Waals surface area contributed by atoms with Crippen LogP contribution in [0.2, 0.25) is 0 Å². The van der Waals surface area contributed by atoms with Gasteiger partial charge in [0.25, 0.3) is 0 Å². The Balaban J connectivity index is 1.86. The molecule has 0 bridgehead atoms. The molecule has 1 aromatic heterocycles. The van der Waals surface area contributed by atoms with E-state index in [1.54, 1.807) is 0 Å². The molecule has 1 aliphatic rings. The molecule has 0 amide bonds. The molecule has 0 saturated heterocycles. The van der Waals surface area contributed by atoms with Crippen molar-refractivity contribution in [1.82, 2.24) is 9.97 Å². The van der Waals surface area contributed by atoms with Crippen molar-refractivity contribution in [3.05, 3.63) is 36.0 Å². The molecular weight excluding hydrogens is 238 g/mol. The van der Waals surface area contributed by atoms with Crippen molar-refractivity contribution >= 4 is 5.95 Å². The fraction of sp³-hybridized carbons (Fsp3) is 0.333. The highest BCUT2D eigenvalue weighted by atomic mass is 16.5. The number of hydrogen-bond donors (Lipinski definition) is 1. The molecule has 1 aromatic carbocycles. The predicted octanol–water partition coefficient (Wildman–Crippen LogP) is 3.03. The first-order valence-corrected chi connectivity index (χ1v) is 6.55. The molecule has 0 unspecified atom stereocenters. The Morgan fingerprint density at radius 3 is 2.53 bits per heavy atom. The topological polar surface area (TPSA) is 47.0 Å². The Morgan fingerprint density at radius 1 is 1.16 bits per heavy atom. The van der Waals surface area contributed by atoms with Crippen LogP contribution in [0.4, 0.5) is 5.95 Å². The van der Waals surface area contributed by atoms with Gasteiger partial charge in [-0.3, -0.25) is 0 Å². The van der Waals surface area contributed by atoms with E-state index in [-0.39, 0.29) is 0 Å². The van der Waals surface area contributed by atoms with E-state index in [0.29, 0.717) is 12.1 Å². The number of hydrogen-bond acceptors (Lipinski definition) is 4. The van der Waals surface area contributed by atoms with E-state index in [2.05, 4.69) is 15.3 Å². The average molecular weight is 255 g/mol. The first-order chi connectivity index (χ1) is 9.24. The second-order valence-electron chi connectivity index (χ2n) is 4.81. The monoisotopic (exact) mass is 255 g/mol. The third-order valence-corrected chi connectivity index (χ3v) is 3.06. The zero-order chi connectivity index (χ0) is 13.2. The highest BCUT2D eigenvalue weighted by molar-refractivity contribution is 5.61. The van der Waals surface area contributed by atoms with Gasteiger partial charge in [-0.25, -0.2) is 9.97 Å². The summed E-state index contributed by atoms with van der Waals surface area (Å²) in [5, 5.41) is 2.98. The van der Waals surface area contributed by atoms with Gasteiger partial charge in [0, 0.05) is 18.3 Å². The number of benzene rings is 1. The lowest BCUT2D eigenvalue weighted by molar-refractivity contribution is 0.303. The van der Waals surface area contributed by atoms with Gasteiger partial charge in [0.1, 0.15) is 5.75 Å². The Bertz CT molecular complexity index is 576. The van der Waals surface area contributed by atoms with Gasteiger partial charge < -0.3 is 10.1 Å². The van der Waals surface area contributed by atoms with Crippen LogP contribution < -0.4 is 10.1 Å². The summed E-state index contributed by atoms with van der Waals surface area (Å²) in [7, 11) is 1.82. The molecule has 4 nitrogen and oxygen atoms in total. The molecule has 98 valence electrons. The van der Waals surface area contributed by atoms with Gasteiger partial charge >= 0.3 is 0 Å². The molecule has 4 heteroatoms. The SMILES string of the molecule is CNc1nc(C)cc(-c2ccc(OC3CC3)cc2)n1. The molecule has 1 heterocycles. The van der Waals surface area contributed by atoms with Crippen LogP contribution in [0, 0.1) is 6.92 Å². The quantitative estimate of drug-likeness (QED) is 0.912. The molecule has 0 aliphatic heterocycles. The summed E-state index contributed by atoms with van der Waals surface area (Å²) >= 11 is 0. The summed E-state index contributed by atoms with van der Waals surface area (Å²) in [6.07, 6.45) is 2.79. The second kappa shape index (κ2) is 4.88. The largest absolute Gasteiger partial charge is 0.490 e. The Hall–Kier alpha value is -2.10. The number of aryl methyl sites for hydroxylation is 1. The summed E-state index contributed by atoms with van der Waals surface area (Å²) in [6.45, 7) is 1.97. The highest BCUT2D eigenvalue weighted by Gasteiger charge is 2.23. The highest BCUT2D eigenvalue weighted by Crippen LogP contribution is 2.28. The standard InChI is InChI=1S/C15H17N3O/c1-10-9-14(18-15(16-2)17-10)11-3-5-12(6-4-11)19-13-7-8-13/h3-6,9,13H,7-8H2,1-2H3,(H,16,17,18). The van der Waals surface area contributed by atoms with E-state index < -0.39 is 0 Å². The van der Waals surface area contributed by atoms with Gasteiger partial charge in [-0.15, -0.1) is 0 Å². The van der Waals surface area contributed by atoms with Gasteiger partial charge in [-0.1, -0.05) is 0 Å². The number of anilines is 1. The zero-order valence-corrected chi connectivity index (χ0v) is 11.2. The van der Waals surface area contributed by atoms with Gasteiger partial charge in [0.15, 0.2) is 0 Å². The normalized spacial score (nSPS) is 14.2. The molecule has 2 aromatic rings. The lowest BCUT2D eigenvalue weighted by Gasteiger charge is -2.07. The molecule has 0 spiro atoms. The molecule has 1 fully saturated rings. The summed E-state index contributed by atoms with van der Waals surface area (Å²) < 4.78 is 5.74. The molecule has 1 N–H and O–H groups in total. The Labute approximate surface area is 112 Å². The lowest BCUT2D eigenvalue weighted by atomic mass is 10.1. The third kappa shape index (κ3) is 2.84. The van der Waals surface area contributed by atoms with Crippen molar-refractivity contribution in [2.75, 3.05) is 12.4 Å². The van der Waals surface area contributed by atoms with E-state index in [0.717, 1.165) is 22.7 Å². The van der Waals surface area contributed by atoms with E-state index in [4.69, 9.17) is 4.74 Å². The first-order valence-electron chi connectivity index (χ1n) is 6.55.